The number of nitrogens with two attached hydrogens (primary N) is 1. The van der Waals surface area contributed by atoms with Gasteiger partial charge < -0.3 is 15.4 Å². The van der Waals surface area contributed by atoms with Crippen molar-refractivity contribution < 1.29 is 18.3 Å². The number of rotatable bonds is 1. The first-order valence-corrected chi connectivity index (χ1v) is 5.59. The second kappa shape index (κ2) is 4.08. The SMILES string of the molecule is CC(C)(C)OC(=O)N1CCC(N)(C(C)(F)F)C1. The lowest BCUT2D eigenvalue weighted by atomic mass is 9.93. The molecule has 0 aromatic carbocycles. The van der Waals surface area contributed by atoms with Gasteiger partial charge in [-0.2, -0.15) is 0 Å². The summed E-state index contributed by atoms with van der Waals surface area (Å²) >= 11 is 0. The van der Waals surface area contributed by atoms with Gasteiger partial charge in [-0.25, -0.2) is 13.6 Å². The van der Waals surface area contributed by atoms with E-state index in [1.807, 2.05) is 0 Å². The monoisotopic (exact) mass is 250 g/mol. The summed E-state index contributed by atoms with van der Waals surface area (Å²) in [6, 6.07) is 0. The number of carbonyl (C=O) groups is 1. The van der Waals surface area contributed by atoms with E-state index in [0.717, 1.165) is 6.92 Å². The molecule has 0 radical (unpaired) electrons. The van der Waals surface area contributed by atoms with Crippen LogP contribution >= 0.6 is 0 Å². The number of hydrogen-bond acceptors (Lipinski definition) is 3. The molecule has 0 aliphatic carbocycles. The van der Waals surface area contributed by atoms with Gasteiger partial charge in [-0.1, -0.05) is 0 Å². The molecule has 1 atom stereocenters. The van der Waals surface area contributed by atoms with Gasteiger partial charge in [-0.3, -0.25) is 0 Å². The largest absolute Gasteiger partial charge is 0.444 e. The molecular formula is C11H20F2N2O2. The molecule has 0 saturated carbocycles. The van der Waals surface area contributed by atoms with Crippen molar-refractivity contribution in [3.8, 4) is 0 Å². The van der Waals surface area contributed by atoms with E-state index >= 15 is 0 Å². The highest BCUT2D eigenvalue weighted by molar-refractivity contribution is 5.68. The molecule has 1 saturated heterocycles. The van der Waals surface area contributed by atoms with Crippen LogP contribution in [0, 0.1) is 0 Å². The van der Waals surface area contributed by atoms with Gasteiger partial charge in [0.15, 0.2) is 0 Å². The predicted molar refractivity (Wildman–Crippen MR) is 60.0 cm³/mol. The lowest BCUT2D eigenvalue weighted by molar-refractivity contribution is -0.0530. The van der Waals surface area contributed by atoms with Crippen molar-refractivity contribution in [3.05, 3.63) is 0 Å². The number of nitrogens with zero attached hydrogens (tertiary/aromatic N) is 1. The van der Waals surface area contributed by atoms with E-state index in [2.05, 4.69) is 0 Å². The summed E-state index contributed by atoms with van der Waals surface area (Å²) in [6.07, 6.45) is -0.510. The van der Waals surface area contributed by atoms with Gasteiger partial charge in [0.25, 0.3) is 5.92 Å². The second-order valence-corrected chi connectivity index (χ2v) is 5.70. The Morgan fingerprint density at radius 2 is 1.88 bits per heavy atom. The van der Waals surface area contributed by atoms with Crippen molar-refractivity contribution in [1.29, 1.82) is 0 Å². The third-order valence-corrected chi connectivity index (χ3v) is 2.83. The molecule has 4 nitrogen and oxygen atoms in total. The Hall–Kier alpha value is -0.910. The van der Waals surface area contributed by atoms with Crippen LogP contribution in [0.3, 0.4) is 0 Å². The minimum atomic E-state index is -3.01. The molecule has 0 aromatic rings. The molecule has 17 heavy (non-hydrogen) atoms. The third-order valence-electron chi connectivity index (χ3n) is 2.83. The highest BCUT2D eigenvalue weighted by Crippen LogP contribution is 2.34. The zero-order valence-corrected chi connectivity index (χ0v) is 10.7. The van der Waals surface area contributed by atoms with Crippen LogP contribution in [0.15, 0.2) is 0 Å². The molecule has 2 N–H and O–H groups in total. The molecule has 1 heterocycles. The van der Waals surface area contributed by atoms with Crippen molar-refractivity contribution in [1.82, 2.24) is 4.90 Å². The molecule has 0 bridgehead atoms. The summed E-state index contributed by atoms with van der Waals surface area (Å²) in [5.41, 5.74) is 3.35. The van der Waals surface area contributed by atoms with E-state index in [0.29, 0.717) is 0 Å². The van der Waals surface area contributed by atoms with Gasteiger partial charge in [0, 0.05) is 20.0 Å². The molecule has 1 aliphatic heterocycles. The lowest BCUT2D eigenvalue weighted by Gasteiger charge is -2.31. The van der Waals surface area contributed by atoms with E-state index in [1.165, 1.54) is 4.90 Å². The first-order chi connectivity index (χ1) is 7.45. The van der Waals surface area contributed by atoms with Crippen LogP contribution in [0.25, 0.3) is 0 Å². The van der Waals surface area contributed by atoms with Gasteiger partial charge >= 0.3 is 6.09 Å². The Morgan fingerprint density at radius 1 is 1.35 bits per heavy atom. The normalized spacial score (nSPS) is 26.2. The Balaban J connectivity index is 2.65. The minimum absolute atomic E-state index is 0.0791. The fourth-order valence-electron chi connectivity index (χ4n) is 1.67. The van der Waals surface area contributed by atoms with Crippen molar-refractivity contribution in [3.63, 3.8) is 0 Å². The maximum atomic E-state index is 13.3. The Bertz CT molecular complexity index is 310. The molecular weight excluding hydrogens is 230 g/mol. The Kier molecular flexibility index (Phi) is 3.40. The first kappa shape index (κ1) is 14.2. The smallest absolute Gasteiger partial charge is 0.410 e. The Morgan fingerprint density at radius 3 is 2.24 bits per heavy atom. The second-order valence-electron chi connectivity index (χ2n) is 5.70. The van der Waals surface area contributed by atoms with E-state index in [-0.39, 0.29) is 19.5 Å². The van der Waals surface area contributed by atoms with E-state index < -0.39 is 23.2 Å². The maximum absolute atomic E-state index is 13.3. The van der Waals surface area contributed by atoms with E-state index in [4.69, 9.17) is 10.5 Å². The molecule has 1 unspecified atom stereocenters. The molecule has 1 amide bonds. The zero-order valence-electron chi connectivity index (χ0n) is 10.7. The van der Waals surface area contributed by atoms with Gasteiger partial charge in [0.05, 0.1) is 5.54 Å². The summed E-state index contributed by atoms with van der Waals surface area (Å²) in [5.74, 6) is -3.01. The van der Waals surface area contributed by atoms with Gasteiger partial charge in [-0.05, 0) is 27.2 Å². The first-order valence-electron chi connectivity index (χ1n) is 5.59. The van der Waals surface area contributed by atoms with Crippen LogP contribution in [0.2, 0.25) is 0 Å². The molecule has 1 rings (SSSR count). The lowest BCUT2D eigenvalue weighted by Crippen LogP contribution is -2.56. The fraction of sp³-hybridized carbons (Fsp3) is 0.909. The number of carbonyl (C=O) groups excluding carboxylic acids is 1. The van der Waals surface area contributed by atoms with Gasteiger partial charge in [-0.15, -0.1) is 0 Å². The van der Waals surface area contributed by atoms with Crippen molar-refractivity contribution in [2.45, 2.75) is 51.2 Å². The summed E-state index contributed by atoms with van der Waals surface area (Å²) in [4.78, 5) is 12.9. The number of likely N-dealkylation sites (tertiary alicyclic amines) is 1. The van der Waals surface area contributed by atoms with Gasteiger partial charge in [0.2, 0.25) is 0 Å². The zero-order chi connectivity index (χ0) is 13.5. The standard InChI is InChI=1S/C11H20F2N2O2/c1-9(2,3)17-8(16)15-6-5-11(14,7-15)10(4,12)13/h5-7,14H2,1-4H3. The topological polar surface area (TPSA) is 55.6 Å². The van der Waals surface area contributed by atoms with E-state index in [9.17, 15) is 13.6 Å². The fourth-order valence-corrected chi connectivity index (χ4v) is 1.67. The molecule has 1 fully saturated rings. The van der Waals surface area contributed by atoms with Crippen molar-refractivity contribution in [2.24, 2.45) is 5.73 Å². The van der Waals surface area contributed by atoms with Crippen LogP contribution in [-0.2, 0) is 4.74 Å². The van der Waals surface area contributed by atoms with Crippen LogP contribution in [0.5, 0.6) is 0 Å². The maximum Gasteiger partial charge on any atom is 0.410 e. The summed E-state index contributed by atoms with van der Waals surface area (Å²) < 4.78 is 31.7. The average molecular weight is 250 g/mol. The third kappa shape index (κ3) is 3.28. The van der Waals surface area contributed by atoms with Crippen LogP contribution in [-0.4, -0.2) is 41.1 Å². The summed E-state index contributed by atoms with van der Waals surface area (Å²) in [7, 11) is 0. The minimum Gasteiger partial charge on any atom is -0.444 e. The molecule has 1 aliphatic rings. The van der Waals surface area contributed by atoms with Crippen molar-refractivity contribution in [2.75, 3.05) is 13.1 Å². The summed E-state index contributed by atoms with van der Waals surface area (Å²) in [6.45, 7) is 5.99. The summed E-state index contributed by atoms with van der Waals surface area (Å²) in [5, 5.41) is 0. The highest BCUT2D eigenvalue weighted by atomic mass is 19.3. The Labute approximate surface area is 100 Å². The molecule has 0 aromatic heterocycles. The van der Waals surface area contributed by atoms with Crippen LogP contribution in [0.1, 0.15) is 34.1 Å². The molecule has 100 valence electrons. The van der Waals surface area contributed by atoms with Crippen molar-refractivity contribution >= 4 is 6.09 Å². The van der Waals surface area contributed by atoms with Gasteiger partial charge in [0.1, 0.15) is 5.60 Å². The number of amides is 1. The molecule has 0 spiro atoms. The average Bonchev–Trinajstić information content (AvgIpc) is 2.44. The van der Waals surface area contributed by atoms with Crippen LogP contribution in [0.4, 0.5) is 13.6 Å². The quantitative estimate of drug-likeness (QED) is 0.774. The van der Waals surface area contributed by atoms with Crippen LogP contribution < -0.4 is 5.73 Å². The number of alkyl halides is 2. The number of halogens is 2. The molecule has 6 heteroatoms. The highest BCUT2D eigenvalue weighted by Gasteiger charge is 2.52. The predicted octanol–water partition coefficient (Wildman–Crippen LogP) is 1.98. The van der Waals surface area contributed by atoms with E-state index in [1.54, 1.807) is 20.8 Å². The number of hydrogen-bond donors (Lipinski definition) is 1. The number of ether oxygens (including phenoxy) is 1.